The first kappa shape index (κ1) is 9.71. The molecule has 0 radical (unpaired) electrons. The first-order chi connectivity index (χ1) is 6.11. The molecule has 0 bridgehead atoms. The van der Waals surface area contributed by atoms with E-state index >= 15 is 0 Å². The lowest BCUT2D eigenvalue weighted by molar-refractivity contribution is -0.127. The molecule has 0 aliphatic carbocycles. The molecule has 1 rings (SSSR count). The molecular formula is C10H14N2O. The summed E-state index contributed by atoms with van der Waals surface area (Å²) >= 11 is 0. The Labute approximate surface area is 78.4 Å². The summed E-state index contributed by atoms with van der Waals surface area (Å²) in [5.41, 5.74) is 1.93. The fraction of sp³-hybridized carbons (Fsp3) is 0.400. The highest BCUT2D eigenvalue weighted by molar-refractivity contribution is 5.78. The number of rotatable bonds is 2. The summed E-state index contributed by atoms with van der Waals surface area (Å²) < 4.78 is 0. The lowest BCUT2D eigenvalue weighted by atomic mass is 10.1. The van der Waals surface area contributed by atoms with Gasteiger partial charge in [0.2, 0.25) is 5.91 Å². The Kier molecular flexibility index (Phi) is 3.01. The molecule has 0 unspecified atom stereocenters. The van der Waals surface area contributed by atoms with Crippen LogP contribution in [0.3, 0.4) is 0 Å². The van der Waals surface area contributed by atoms with Gasteiger partial charge in [-0.2, -0.15) is 0 Å². The van der Waals surface area contributed by atoms with Crippen LogP contribution in [0.15, 0.2) is 18.3 Å². The third-order valence-electron chi connectivity index (χ3n) is 1.96. The number of hydrogen-bond acceptors (Lipinski definition) is 2. The fourth-order valence-electron chi connectivity index (χ4n) is 1.03. The molecule has 0 aliphatic heterocycles. The third kappa shape index (κ3) is 2.54. The maximum absolute atomic E-state index is 11.4. The summed E-state index contributed by atoms with van der Waals surface area (Å²) in [6.45, 7) is 1.91. The number of hydrogen-bond donors (Lipinski definition) is 0. The normalized spacial score (nSPS) is 9.77. The molecule has 0 saturated carbocycles. The van der Waals surface area contributed by atoms with Crippen molar-refractivity contribution in [3.05, 3.63) is 29.6 Å². The van der Waals surface area contributed by atoms with Gasteiger partial charge in [-0.1, -0.05) is 6.07 Å². The van der Waals surface area contributed by atoms with E-state index in [4.69, 9.17) is 0 Å². The molecule has 13 heavy (non-hydrogen) atoms. The predicted octanol–water partition coefficient (Wildman–Crippen LogP) is 1.02. The molecule has 0 atom stereocenters. The maximum atomic E-state index is 11.4. The van der Waals surface area contributed by atoms with E-state index in [2.05, 4.69) is 4.98 Å². The second-order valence-corrected chi connectivity index (χ2v) is 3.21. The van der Waals surface area contributed by atoms with Gasteiger partial charge in [0.1, 0.15) is 0 Å². The van der Waals surface area contributed by atoms with Gasteiger partial charge in [0.15, 0.2) is 0 Å². The molecular weight excluding hydrogens is 164 g/mol. The Balaban J connectivity index is 2.75. The molecule has 0 fully saturated rings. The molecule has 0 saturated heterocycles. The minimum Gasteiger partial charge on any atom is -0.349 e. The predicted molar refractivity (Wildman–Crippen MR) is 51.4 cm³/mol. The SMILES string of the molecule is Cc1ncccc1CC(=O)N(C)C. The highest BCUT2D eigenvalue weighted by Gasteiger charge is 2.07. The Hall–Kier alpha value is -1.38. The summed E-state index contributed by atoms with van der Waals surface area (Å²) in [4.78, 5) is 17.1. The number of aromatic nitrogens is 1. The first-order valence-electron chi connectivity index (χ1n) is 4.22. The smallest absolute Gasteiger partial charge is 0.226 e. The highest BCUT2D eigenvalue weighted by Crippen LogP contribution is 2.05. The number of nitrogens with zero attached hydrogens (tertiary/aromatic N) is 2. The number of amides is 1. The zero-order valence-electron chi connectivity index (χ0n) is 8.24. The zero-order chi connectivity index (χ0) is 9.84. The van der Waals surface area contributed by atoms with E-state index in [1.807, 2.05) is 19.1 Å². The van der Waals surface area contributed by atoms with E-state index < -0.39 is 0 Å². The second kappa shape index (κ2) is 4.03. The van der Waals surface area contributed by atoms with Gasteiger partial charge >= 0.3 is 0 Å². The van der Waals surface area contributed by atoms with Crippen LogP contribution in [0.2, 0.25) is 0 Å². The van der Waals surface area contributed by atoms with E-state index in [0.717, 1.165) is 11.3 Å². The van der Waals surface area contributed by atoms with Crippen molar-refractivity contribution in [2.45, 2.75) is 13.3 Å². The van der Waals surface area contributed by atoms with Crippen molar-refractivity contribution in [1.82, 2.24) is 9.88 Å². The molecule has 0 aliphatic rings. The van der Waals surface area contributed by atoms with Crippen LogP contribution in [0, 0.1) is 6.92 Å². The molecule has 1 aromatic rings. The summed E-state index contributed by atoms with van der Waals surface area (Å²) in [7, 11) is 3.52. The van der Waals surface area contributed by atoms with Gasteiger partial charge in [0, 0.05) is 26.0 Å². The molecule has 0 aromatic carbocycles. The molecule has 0 N–H and O–H groups in total. The molecule has 70 valence electrons. The molecule has 1 heterocycles. The van der Waals surface area contributed by atoms with Crippen LogP contribution in [0.25, 0.3) is 0 Å². The van der Waals surface area contributed by atoms with Gasteiger partial charge in [0.25, 0.3) is 0 Å². The van der Waals surface area contributed by atoms with Crippen molar-refractivity contribution in [3.63, 3.8) is 0 Å². The number of aryl methyl sites for hydroxylation is 1. The highest BCUT2D eigenvalue weighted by atomic mass is 16.2. The van der Waals surface area contributed by atoms with Crippen LogP contribution in [0.4, 0.5) is 0 Å². The Morgan fingerprint density at radius 2 is 2.23 bits per heavy atom. The number of likely N-dealkylation sites (N-methyl/N-ethyl adjacent to an activating group) is 1. The van der Waals surface area contributed by atoms with Gasteiger partial charge in [-0.25, -0.2) is 0 Å². The standard InChI is InChI=1S/C10H14N2O/c1-8-9(5-4-6-11-8)7-10(13)12(2)3/h4-6H,7H2,1-3H3. The first-order valence-corrected chi connectivity index (χ1v) is 4.22. The maximum Gasteiger partial charge on any atom is 0.226 e. The quantitative estimate of drug-likeness (QED) is 0.677. The van der Waals surface area contributed by atoms with E-state index in [9.17, 15) is 4.79 Å². The van der Waals surface area contributed by atoms with Crippen LogP contribution in [-0.2, 0) is 11.2 Å². The van der Waals surface area contributed by atoms with Gasteiger partial charge in [0.05, 0.1) is 6.42 Å². The molecule has 0 spiro atoms. The van der Waals surface area contributed by atoms with Gasteiger partial charge in [-0.05, 0) is 18.6 Å². The monoisotopic (exact) mass is 178 g/mol. The van der Waals surface area contributed by atoms with Crippen LogP contribution < -0.4 is 0 Å². The largest absolute Gasteiger partial charge is 0.349 e. The average molecular weight is 178 g/mol. The van der Waals surface area contributed by atoms with E-state index in [1.54, 1.807) is 25.2 Å². The van der Waals surface area contributed by atoms with Gasteiger partial charge in [-0.3, -0.25) is 9.78 Å². The second-order valence-electron chi connectivity index (χ2n) is 3.21. The zero-order valence-corrected chi connectivity index (χ0v) is 8.24. The van der Waals surface area contributed by atoms with Crippen molar-refractivity contribution in [3.8, 4) is 0 Å². The van der Waals surface area contributed by atoms with Gasteiger partial charge in [-0.15, -0.1) is 0 Å². The minimum absolute atomic E-state index is 0.108. The molecule has 1 aromatic heterocycles. The van der Waals surface area contributed by atoms with Crippen molar-refractivity contribution in [1.29, 1.82) is 0 Å². The molecule has 3 heteroatoms. The Bertz CT molecular complexity index is 308. The molecule has 3 nitrogen and oxygen atoms in total. The Morgan fingerprint density at radius 1 is 1.54 bits per heavy atom. The van der Waals surface area contributed by atoms with E-state index in [1.165, 1.54) is 0 Å². The summed E-state index contributed by atoms with van der Waals surface area (Å²) in [6.07, 6.45) is 2.17. The van der Waals surface area contributed by atoms with Crippen LogP contribution in [0.1, 0.15) is 11.3 Å². The van der Waals surface area contributed by atoms with E-state index in [-0.39, 0.29) is 5.91 Å². The van der Waals surface area contributed by atoms with E-state index in [0.29, 0.717) is 6.42 Å². The summed E-state index contributed by atoms with van der Waals surface area (Å²) in [6, 6.07) is 3.79. The van der Waals surface area contributed by atoms with Gasteiger partial charge < -0.3 is 4.90 Å². The number of carbonyl (C=O) groups excluding carboxylic acids is 1. The summed E-state index contributed by atoms with van der Waals surface area (Å²) in [5, 5.41) is 0. The lowest BCUT2D eigenvalue weighted by Gasteiger charge is -2.10. The topological polar surface area (TPSA) is 33.2 Å². The average Bonchev–Trinajstić information content (AvgIpc) is 2.08. The van der Waals surface area contributed by atoms with Crippen molar-refractivity contribution in [2.75, 3.05) is 14.1 Å². The van der Waals surface area contributed by atoms with Crippen LogP contribution in [0.5, 0.6) is 0 Å². The van der Waals surface area contributed by atoms with Crippen molar-refractivity contribution >= 4 is 5.91 Å². The third-order valence-corrected chi connectivity index (χ3v) is 1.96. The van der Waals surface area contributed by atoms with Crippen LogP contribution in [-0.4, -0.2) is 29.9 Å². The van der Waals surface area contributed by atoms with Crippen molar-refractivity contribution in [2.24, 2.45) is 0 Å². The molecule has 1 amide bonds. The number of pyridine rings is 1. The van der Waals surface area contributed by atoms with Crippen LogP contribution >= 0.6 is 0 Å². The number of carbonyl (C=O) groups is 1. The van der Waals surface area contributed by atoms with Crippen molar-refractivity contribution < 1.29 is 4.79 Å². The fourth-order valence-corrected chi connectivity index (χ4v) is 1.03. The Morgan fingerprint density at radius 3 is 2.77 bits per heavy atom. The summed E-state index contributed by atoms with van der Waals surface area (Å²) in [5.74, 6) is 0.108. The minimum atomic E-state index is 0.108. The lowest BCUT2D eigenvalue weighted by Crippen LogP contribution is -2.23.